The minimum absolute atomic E-state index is 0.511. The molecule has 3 nitrogen and oxygen atoms in total. The summed E-state index contributed by atoms with van der Waals surface area (Å²) in [7, 11) is 2.04. The van der Waals surface area contributed by atoms with Gasteiger partial charge in [-0.3, -0.25) is 0 Å². The number of aromatic nitrogens is 2. The molecule has 1 N–H and O–H groups in total. The highest BCUT2D eigenvalue weighted by Gasteiger charge is 2.06. The van der Waals surface area contributed by atoms with Gasteiger partial charge in [0.2, 0.25) is 0 Å². The van der Waals surface area contributed by atoms with E-state index in [1.807, 2.05) is 19.3 Å². The number of fused-ring (bicyclic) bond motifs is 1. The van der Waals surface area contributed by atoms with Gasteiger partial charge >= 0.3 is 0 Å². The van der Waals surface area contributed by atoms with Crippen LogP contribution in [0, 0.1) is 0 Å². The van der Waals surface area contributed by atoms with Crippen molar-refractivity contribution in [1.29, 1.82) is 0 Å². The first-order valence-electron chi connectivity index (χ1n) is 5.31. The largest absolute Gasteiger partial charge is 0.335 e. The van der Waals surface area contributed by atoms with E-state index in [4.69, 9.17) is 0 Å². The standard InChI is InChI=1S/C12H17N3/c1-9(2)14-7-10-8-15(3)12-11(10)5-4-6-13-12/h4-6,8-9,14H,7H2,1-3H3. The fourth-order valence-electron chi connectivity index (χ4n) is 1.75. The zero-order valence-corrected chi connectivity index (χ0v) is 9.49. The number of aryl methyl sites for hydroxylation is 1. The van der Waals surface area contributed by atoms with Gasteiger partial charge < -0.3 is 9.88 Å². The second kappa shape index (κ2) is 4.03. The molecule has 0 amide bonds. The molecule has 80 valence electrons. The molecule has 0 saturated heterocycles. The first-order chi connectivity index (χ1) is 7.18. The van der Waals surface area contributed by atoms with E-state index in [1.165, 1.54) is 10.9 Å². The third-order valence-corrected chi connectivity index (χ3v) is 2.52. The molecule has 0 bridgehead atoms. The van der Waals surface area contributed by atoms with Gasteiger partial charge in [0.25, 0.3) is 0 Å². The molecule has 0 aliphatic rings. The normalized spacial score (nSPS) is 11.5. The van der Waals surface area contributed by atoms with Gasteiger partial charge in [-0.15, -0.1) is 0 Å². The van der Waals surface area contributed by atoms with Crippen molar-refractivity contribution in [3.8, 4) is 0 Å². The molecule has 0 fully saturated rings. The number of nitrogens with one attached hydrogen (secondary N) is 1. The minimum atomic E-state index is 0.511. The predicted molar refractivity (Wildman–Crippen MR) is 62.7 cm³/mol. The van der Waals surface area contributed by atoms with E-state index in [9.17, 15) is 0 Å². The van der Waals surface area contributed by atoms with Crippen LogP contribution in [-0.2, 0) is 13.6 Å². The number of pyridine rings is 1. The molecule has 0 spiro atoms. The molecule has 0 saturated carbocycles. The van der Waals surface area contributed by atoms with Gasteiger partial charge in [0.05, 0.1) is 0 Å². The average Bonchev–Trinajstić information content (AvgIpc) is 2.54. The maximum atomic E-state index is 4.36. The molecule has 0 aliphatic heterocycles. The van der Waals surface area contributed by atoms with Crippen molar-refractivity contribution >= 4 is 11.0 Å². The highest BCUT2D eigenvalue weighted by atomic mass is 15.0. The third kappa shape index (κ3) is 2.02. The lowest BCUT2D eigenvalue weighted by molar-refractivity contribution is 0.590. The van der Waals surface area contributed by atoms with Crippen LogP contribution in [0.5, 0.6) is 0 Å². The third-order valence-electron chi connectivity index (χ3n) is 2.52. The summed E-state index contributed by atoms with van der Waals surface area (Å²) in [6.07, 6.45) is 3.98. The van der Waals surface area contributed by atoms with Gasteiger partial charge in [-0.2, -0.15) is 0 Å². The molecule has 0 aromatic carbocycles. The smallest absolute Gasteiger partial charge is 0.139 e. The molecule has 0 unspecified atom stereocenters. The van der Waals surface area contributed by atoms with Crippen molar-refractivity contribution in [2.24, 2.45) is 7.05 Å². The summed E-state index contributed by atoms with van der Waals surface area (Å²) in [5, 5.41) is 4.67. The van der Waals surface area contributed by atoms with Crippen LogP contribution in [0.1, 0.15) is 19.4 Å². The average molecular weight is 203 g/mol. The SMILES string of the molecule is CC(C)NCc1cn(C)c2ncccc12. The Morgan fingerprint density at radius 2 is 2.27 bits per heavy atom. The van der Waals surface area contributed by atoms with Crippen LogP contribution in [0.3, 0.4) is 0 Å². The minimum Gasteiger partial charge on any atom is -0.335 e. The van der Waals surface area contributed by atoms with E-state index in [0.29, 0.717) is 6.04 Å². The molecule has 2 aromatic rings. The summed E-state index contributed by atoms with van der Waals surface area (Å²) in [6.45, 7) is 5.22. The van der Waals surface area contributed by atoms with Crippen LogP contribution in [0.15, 0.2) is 24.5 Å². The summed E-state index contributed by atoms with van der Waals surface area (Å²) in [6, 6.07) is 4.62. The number of nitrogens with zero attached hydrogens (tertiary/aromatic N) is 2. The highest BCUT2D eigenvalue weighted by Crippen LogP contribution is 2.17. The van der Waals surface area contributed by atoms with Crippen molar-refractivity contribution in [3.63, 3.8) is 0 Å². The molecule has 15 heavy (non-hydrogen) atoms. The van der Waals surface area contributed by atoms with Crippen LogP contribution in [-0.4, -0.2) is 15.6 Å². The Morgan fingerprint density at radius 1 is 1.47 bits per heavy atom. The van der Waals surface area contributed by atoms with Crippen molar-refractivity contribution in [2.75, 3.05) is 0 Å². The van der Waals surface area contributed by atoms with Gasteiger partial charge in [-0.05, 0) is 17.7 Å². The number of hydrogen-bond acceptors (Lipinski definition) is 2. The fraction of sp³-hybridized carbons (Fsp3) is 0.417. The van der Waals surface area contributed by atoms with Gasteiger partial charge in [-0.1, -0.05) is 13.8 Å². The van der Waals surface area contributed by atoms with E-state index in [1.54, 1.807) is 0 Å². The van der Waals surface area contributed by atoms with Crippen molar-refractivity contribution in [2.45, 2.75) is 26.4 Å². The highest BCUT2D eigenvalue weighted by molar-refractivity contribution is 5.80. The van der Waals surface area contributed by atoms with Crippen LogP contribution in [0.25, 0.3) is 11.0 Å². The Balaban J connectivity index is 2.35. The molecule has 2 heterocycles. The van der Waals surface area contributed by atoms with Crippen LogP contribution in [0.4, 0.5) is 0 Å². The Kier molecular flexibility index (Phi) is 2.73. The van der Waals surface area contributed by atoms with Gasteiger partial charge in [0.15, 0.2) is 0 Å². The fourth-order valence-corrected chi connectivity index (χ4v) is 1.75. The Hall–Kier alpha value is -1.35. The summed E-state index contributed by atoms with van der Waals surface area (Å²) in [5.74, 6) is 0. The van der Waals surface area contributed by atoms with Gasteiger partial charge in [-0.25, -0.2) is 4.98 Å². The predicted octanol–water partition coefficient (Wildman–Crippen LogP) is 2.07. The Morgan fingerprint density at radius 3 is 3.00 bits per heavy atom. The topological polar surface area (TPSA) is 29.9 Å². The summed E-state index contributed by atoms with van der Waals surface area (Å²) in [5.41, 5.74) is 2.37. The van der Waals surface area contributed by atoms with E-state index >= 15 is 0 Å². The molecule has 3 heteroatoms. The summed E-state index contributed by atoms with van der Waals surface area (Å²) >= 11 is 0. The number of hydrogen-bond donors (Lipinski definition) is 1. The van der Waals surface area contributed by atoms with Gasteiger partial charge in [0.1, 0.15) is 5.65 Å². The lowest BCUT2D eigenvalue weighted by atomic mass is 10.2. The first kappa shape index (κ1) is 10.2. The van der Waals surface area contributed by atoms with E-state index in [0.717, 1.165) is 12.2 Å². The molecular weight excluding hydrogens is 186 g/mol. The van der Waals surface area contributed by atoms with Crippen molar-refractivity contribution in [1.82, 2.24) is 14.9 Å². The first-order valence-corrected chi connectivity index (χ1v) is 5.31. The van der Waals surface area contributed by atoms with Crippen molar-refractivity contribution in [3.05, 3.63) is 30.1 Å². The zero-order chi connectivity index (χ0) is 10.8. The molecule has 0 radical (unpaired) electrons. The van der Waals surface area contributed by atoms with E-state index in [-0.39, 0.29) is 0 Å². The summed E-state index contributed by atoms with van der Waals surface area (Å²) < 4.78 is 2.08. The number of rotatable bonds is 3. The van der Waals surface area contributed by atoms with E-state index in [2.05, 4.69) is 41.0 Å². The quantitative estimate of drug-likeness (QED) is 0.827. The molecular formula is C12H17N3. The van der Waals surface area contributed by atoms with Crippen LogP contribution < -0.4 is 5.32 Å². The molecule has 2 aromatic heterocycles. The Labute approximate surface area is 90.1 Å². The monoisotopic (exact) mass is 203 g/mol. The second-order valence-corrected chi connectivity index (χ2v) is 4.18. The maximum Gasteiger partial charge on any atom is 0.139 e. The van der Waals surface area contributed by atoms with Crippen molar-refractivity contribution < 1.29 is 0 Å². The lowest BCUT2D eigenvalue weighted by Crippen LogP contribution is -2.21. The molecule has 2 rings (SSSR count). The maximum absolute atomic E-state index is 4.36. The summed E-state index contributed by atoms with van der Waals surface area (Å²) in [4.78, 5) is 4.36. The van der Waals surface area contributed by atoms with E-state index < -0.39 is 0 Å². The zero-order valence-electron chi connectivity index (χ0n) is 9.49. The Bertz CT molecular complexity index is 457. The second-order valence-electron chi connectivity index (χ2n) is 4.18. The van der Waals surface area contributed by atoms with Gasteiger partial charge in [0, 0.05) is 37.4 Å². The lowest BCUT2D eigenvalue weighted by Gasteiger charge is -2.06. The molecule has 0 aliphatic carbocycles. The van der Waals surface area contributed by atoms with Crippen LogP contribution >= 0.6 is 0 Å². The molecule has 0 atom stereocenters. The van der Waals surface area contributed by atoms with Crippen LogP contribution in [0.2, 0.25) is 0 Å².